The van der Waals surface area contributed by atoms with Gasteiger partial charge in [-0.05, 0) is 56.9 Å². The summed E-state index contributed by atoms with van der Waals surface area (Å²) < 4.78 is 2.03. The molecule has 1 fully saturated rings. The lowest BCUT2D eigenvalue weighted by atomic mass is 10.1. The Morgan fingerprint density at radius 3 is 2.44 bits per heavy atom. The fraction of sp³-hybridized carbons (Fsp3) is 0.526. The minimum Gasteiger partial charge on any atom is -0.342 e. The summed E-state index contributed by atoms with van der Waals surface area (Å²) in [6.07, 6.45) is 4.71. The van der Waals surface area contributed by atoms with Crippen LogP contribution >= 0.6 is 11.8 Å². The van der Waals surface area contributed by atoms with Gasteiger partial charge in [-0.1, -0.05) is 30.7 Å². The first-order valence-corrected chi connectivity index (χ1v) is 9.95. The maximum absolute atomic E-state index is 12.5. The number of carbonyl (C=O) groups is 1. The summed E-state index contributed by atoms with van der Waals surface area (Å²) in [7, 11) is 0. The van der Waals surface area contributed by atoms with Crippen LogP contribution in [0.15, 0.2) is 23.4 Å². The average molecular weight is 359 g/mol. The zero-order chi connectivity index (χ0) is 17.8. The molecule has 1 saturated heterocycles. The molecule has 6 heteroatoms. The van der Waals surface area contributed by atoms with E-state index >= 15 is 0 Å². The highest BCUT2D eigenvalue weighted by Gasteiger charge is 2.18. The van der Waals surface area contributed by atoms with Crippen molar-refractivity contribution >= 4 is 17.7 Å². The minimum absolute atomic E-state index is 0.208. The molecule has 0 radical (unpaired) electrons. The highest BCUT2D eigenvalue weighted by Crippen LogP contribution is 2.24. The second kappa shape index (κ2) is 8.04. The highest BCUT2D eigenvalue weighted by molar-refractivity contribution is 7.99. The van der Waals surface area contributed by atoms with E-state index in [2.05, 4.69) is 42.2 Å². The maximum atomic E-state index is 12.5. The smallest absolute Gasteiger partial charge is 0.233 e. The van der Waals surface area contributed by atoms with Gasteiger partial charge in [-0.25, -0.2) is 0 Å². The van der Waals surface area contributed by atoms with E-state index in [1.54, 1.807) is 0 Å². The maximum Gasteiger partial charge on any atom is 0.233 e. The Morgan fingerprint density at radius 2 is 1.76 bits per heavy atom. The van der Waals surface area contributed by atoms with Gasteiger partial charge in [0.25, 0.3) is 0 Å². The van der Waals surface area contributed by atoms with Crippen LogP contribution in [0.3, 0.4) is 0 Å². The van der Waals surface area contributed by atoms with Crippen molar-refractivity contribution in [2.75, 3.05) is 18.8 Å². The number of thioether (sulfide) groups is 1. The highest BCUT2D eigenvalue weighted by atomic mass is 32.2. The van der Waals surface area contributed by atoms with Crippen molar-refractivity contribution in [2.45, 2.75) is 51.6 Å². The molecule has 0 N–H and O–H groups in total. The molecule has 1 aliphatic rings. The quantitative estimate of drug-likeness (QED) is 0.782. The first-order chi connectivity index (χ1) is 12.1. The SMILES string of the molecule is Cc1ccc(-n2c(C)nnc2SCC(=O)N2CCCCCC2)cc1C. The molecule has 1 aromatic carbocycles. The summed E-state index contributed by atoms with van der Waals surface area (Å²) >= 11 is 1.48. The normalized spacial score (nSPS) is 15.2. The first kappa shape index (κ1) is 18.0. The summed E-state index contributed by atoms with van der Waals surface area (Å²) in [5, 5.41) is 9.28. The molecule has 0 bridgehead atoms. The fourth-order valence-electron chi connectivity index (χ4n) is 3.14. The molecule has 134 valence electrons. The van der Waals surface area contributed by atoms with Gasteiger partial charge in [-0.15, -0.1) is 10.2 Å². The van der Waals surface area contributed by atoms with E-state index in [9.17, 15) is 4.79 Å². The van der Waals surface area contributed by atoms with E-state index in [0.29, 0.717) is 5.75 Å². The molecule has 1 aliphatic heterocycles. The molecule has 1 aromatic heterocycles. The van der Waals surface area contributed by atoms with Crippen LogP contribution < -0.4 is 0 Å². The van der Waals surface area contributed by atoms with Crippen molar-refractivity contribution in [3.05, 3.63) is 35.2 Å². The third kappa shape index (κ3) is 4.24. The van der Waals surface area contributed by atoms with Crippen LogP contribution in [-0.4, -0.2) is 44.4 Å². The molecule has 0 spiro atoms. The van der Waals surface area contributed by atoms with E-state index in [1.165, 1.54) is 35.7 Å². The van der Waals surface area contributed by atoms with Gasteiger partial charge in [-0.2, -0.15) is 0 Å². The second-order valence-corrected chi connectivity index (χ2v) is 7.66. The van der Waals surface area contributed by atoms with Crippen molar-refractivity contribution in [2.24, 2.45) is 0 Å². The van der Waals surface area contributed by atoms with E-state index < -0.39 is 0 Å². The number of benzene rings is 1. The summed E-state index contributed by atoms with van der Waals surface area (Å²) in [5.74, 6) is 1.47. The zero-order valence-electron chi connectivity index (χ0n) is 15.3. The van der Waals surface area contributed by atoms with Gasteiger partial charge in [0, 0.05) is 18.8 Å². The van der Waals surface area contributed by atoms with Gasteiger partial charge in [0.2, 0.25) is 5.91 Å². The number of aryl methyl sites for hydroxylation is 3. The largest absolute Gasteiger partial charge is 0.342 e. The number of rotatable bonds is 4. The molecule has 3 rings (SSSR count). The predicted octanol–water partition coefficient (Wildman–Crippen LogP) is 3.69. The van der Waals surface area contributed by atoms with Crippen LogP contribution in [0, 0.1) is 20.8 Å². The number of carbonyl (C=O) groups excluding carboxylic acids is 1. The zero-order valence-corrected chi connectivity index (χ0v) is 16.1. The summed E-state index contributed by atoms with van der Waals surface area (Å²) in [6, 6.07) is 6.34. The number of amides is 1. The number of nitrogens with zero attached hydrogens (tertiary/aromatic N) is 4. The van der Waals surface area contributed by atoms with E-state index in [1.807, 2.05) is 16.4 Å². The van der Waals surface area contributed by atoms with Crippen molar-refractivity contribution < 1.29 is 4.79 Å². The molecule has 0 saturated carbocycles. The van der Waals surface area contributed by atoms with Crippen LogP contribution in [0.2, 0.25) is 0 Å². The molecular formula is C19H26N4OS. The van der Waals surface area contributed by atoms with Crippen LogP contribution in [-0.2, 0) is 4.79 Å². The Hall–Kier alpha value is -1.82. The predicted molar refractivity (Wildman–Crippen MR) is 101 cm³/mol. The summed E-state index contributed by atoms with van der Waals surface area (Å²) in [5.41, 5.74) is 3.55. The van der Waals surface area contributed by atoms with Gasteiger partial charge in [0.1, 0.15) is 5.82 Å². The first-order valence-electron chi connectivity index (χ1n) is 8.96. The lowest BCUT2D eigenvalue weighted by molar-refractivity contribution is -0.128. The average Bonchev–Trinajstić information content (AvgIpc) is 2.80. The number of aromatic nitrogens is 3. The molecule has 2 heterocycles. The van der Waals surface area contributed by atoms with Crippen LogP contribution in [0.4, 0.5) is 0 Å². The molecule has 25 heavy (non-hydrogen) atoms. The molecule has 2 aromatic rings. The van der Waals surface area contributed by atoms with E-state index in [0.717, 1.165) is 42.6 Å². The Labute approximate surface area is 153 Å². The molecular weight excluding hydrogens is 332 g/mol. The third-order valence-electron chi connectivity index (χ3n) is 4.83. The van der Waals surface area contributed by atoms with Crippen LogP contribution in [0.25, 0.3) is 5.69 Å². The van der Waals surface area contributed by atoms with Gasteiger partial charge >= 0.3 is 0 Å². The monoisotopic (exact) mass is 358 g/mol. The van der Waals surface area contributed by atoms with Gasteiger partial charge in [0.15, 0.2) is 5.16 Å². The summed E-state index contributed by atoms with van der Waals surface area (Å²) in [4.78, 5) is 14.5. The molecule has 5 nitrogen and oxygen atoms in total. The van der Waals surface area contributed by atoms with Crippen LogP contribution in [0.5, 0.6) is 0 Å². The van der Waals surface area contributed by atoms with Crippen molar-refractivity contribution in [3.63, 3.8) is 0 Å². The minimum atomic E-state index is 0.208. The number of hydrogen-bond donors (Lipinski definition) is 0. The van der Waals surface area contributed by atoms with Gasteiger partial charge in [-0.3, -0.25) is 9.36 Å². The Bertz CT molecular complexity index is 748. The lowest BCUT2D eigenvalue weighted by Crippen LogP contribution is -2.33. The van der Waals surface area contributed by atoms with Crippen molar-refractivity contribution in [3.8, 4) is 5.69 Å². The third-order valence-corrected chi connectivity index (χ3v) is 5.74. The standard InChI is InChI=1S/C19H26N4OS/c1-14-8-9-17(12-15(14)2)23-16(3)20-21-19(23)25-13-18(24)22-10-6-4-5-7-11-22/h8-9,12H,4-7,10-11,13H2,1-3H3. The molecule has 0 unspecified atom stereocenters. The summed E-state index contributed by atoms with van der Waals surface area (Å²) in [6.45, 7) is 7.94. The second-order valence-electron chi connectivity index (χ2n) is 6.72. The Morgan fingerprint density at radius 1 is 1.04 bits per heavy atom. The Kier molecular flexibility index (Phi) is 5.78. The van der Waals surface area contributed by atoms with Crippen molar-refractivity contribution in [1.29, 1.82) is 0 Å². The molecule has 0 aliphatic carbocycles. The Balaban J connectivity index is 1.73. The number of hydrogen-bond acceptors (Lipinski definition) is 4. The van der Waals surface area contributed by atoms with E-state index in [-0.39, 0.29) is 5.91 Å². The van der Waals surface area contributed by atoms with Crippen LogP contribution in [0.1, 0.15) is 42.6 Å². The topological polar surface area (TPSA) is 51.0 Å². The fourth-order valence-corrected chi connectivity index (χ4v) is 4.04. The van der Waals surface area contributed by atoms with Gasteiger partial charge < -0.3 is 4.90 Å². The van der Waals surface area contributed by atoms with Crippen molar-refractivity contribution in [1.82, 2.24) is 19.7 Å². The number of likely N-dealkylation sites (tertiary alicyclic amines) is 1. The molecule has 0 atom stereocenters. The van der Waals surface area contributed by atoms with Gasteiger partial charge in [0.05, 0.1) is 5.75 Å². The van der Waals surface area contributed by atoms with E-state index in [4.69, 9.17) is 0 Å². The molecule has 1 amide bonds. The lowest BCUT2D eigenvalue weighted by Gasteiger charge is -2.20.